The van der Waals surface area contributed by atoms with Crippen molar-refractivity contribution in [2.75, 3.05) is 31.1 Å². The third kappa shape index (κ3) is 3.84. The van der Waals surface area contributed by atoms with E-state index in [-0.39, 0.29) is 10.9 Å². The van der Waals surface area contributed by atoms with Gasteiger partial charge in [0, 0.05) is 51.7 Å². The van der Waals surface area contributed by atoms with Gasteiger partial charge in [-0.15, -0.1) is 0 Å². The maximum absolute atomic E-state index is 12.4. The van der Waals surface area contributed by atoms with Crippen LogP contribution in [0.5, 0.6) is 0 Å². The van der Waals surface area contributed by atoms with E-state index < -0.39 is 11.4 Å². The van der Waals surface area contributed by atoms with Gasteiger partial charge in [-0.1, -0.05) is 30.3 Å². The normalized spacial score (nSPS) is 15.0. The third-order valence-electron chi connectivity index (χ3n) is 5.28. The number of hydrogen-bond donors (Lipinski definition) is 1. The van der Waals surface area contributed by atoms with E-state index in [1.165, 1.54) is 18.0 Å². The Morgan fingerprint density at radius 1 is 1.14 bits per heavy atom. The van der Waals surface area contributed by atoms with Gasteiger partial charge >= 0.3 is 5.97 Å². The number of aromatic nitrogens is 3. The van der Waals surface area contributed by atoms with Gasteiger partial charge in [-0.05, 0) is 12.5 Å². The molecular formula is C21H23N5O3. The van der Waals surface area contributed by atoms with E-state index in [2.05, 4.69) is 44.0 Å². The number of carboxylic acids is 1. The molecule has 1 fully saturated rings. The van der Waals surface area contributed by atoms with Crippen LogP contribution in [0.3, 0.4) is 0 Å². The second kappa shape index (κ2) is 8.00. The number of pyridine rings is 1. The van der Waals surface area contributed by atoms with Gasteiger partial charge in [-0.2, -0.15) is 4.98 Å². The van der Waals surface area contributed by atoms with Crippen molar-refractivity contribution < 1.29 is 9.90 Å². The smallest absolute Gasteiger partial charge is 0.341 e. The molecule has 1 aromatic carbocycles. The van der Waals surface area contributed by atoms with Gasteiger partial charge in [0.15, 0.2) is 0 Å². The first-order valence-electron chi connectivity index (χ1n) is 9.71. The largest absolute Gasteiger partial charge is 0.477 e. The molecule has 0 spiro atoms. The van der Waals surface area contributed by atoms with Gasteiger partial charge in [-0.25, -0.2) is 9.78 Å². The molecular weight excluding hydrogens is 370 g/mol. The van der Waals surface area contributed by atoms with Gasteiger partial charge in [0.2, 0.25) is 11.4 Å². The topological polar surface area (TPSA) is 91.6 Å². The highest BCUT2D eigenvalue weighted by Crippen LogP contribution is 2.17. The van der Waals surface area contributed by atoms with Crippen LogP contribution in [0.15, 0.2) is 47.5 Å². The van der Waals surface area contributed by atoms with Crippen molar-refractivity contribution in [3.05, 3.63) is 64.1 Å². The number of nitrogens with zero attached hydrogens (tertiary/aromatic N) is 5. The van der Waals surface area contributed by atoms with Crippen LogP contribution in [0.25, 0.3) is 11.0 Å². The first kappa shape index (κ1) is 19.1. The van der Waals surface area contributed by atoms with Gasteiger partial charge < -0.3 is 14.6 Å². The zero-order valence-corrected chi connectivity index (χ0v) is 16.3. The molecule has 1 saturated heterocycles. The molecule has 0 radical (unpaired) electrons. The molecule has 1 N–H and O–H groups in total. The highest BCUT2D eigenvalue weighted by Gasteiger charge is 2.21. The predicted molar refractivity (Wildman–Crippen MR) is 110 cm³/mol. The molecule has 3 aromatic rings. The lowest BCUT2D eigenvalue weighted by molar-refractivity contribution is 0.0695. The molecule has 29 heavy (non-hydrogen) atoms. The molecule has 0 saturated carbocycles. The second-order valence-electron chi connectivity index (χ2n) is 7.12. The van der Waals surface area contributed by atoms with E-state index >= 15 is 0 Å². The molecule has 0 unspecified atom stereocenters. The number of rotatable bonds is 5. The van der Waals surface area contributed by atoms with Crippen molar-refractivity contribution >= 4 is 23.0 Å². The highest BCUT2D eigenvalue weighted by atomic mass is 16.4. The zero-order valence-electron chi connectivity index (χ0n) is 16.3. The molecule has 8 nitrogen and oxygen atoms in total. The molecule has 4 rings (SSSR count). The summed E-state index contributed by atoms with van der Waals surface area (Å²) in [4.78, 5) is 37.3. The molecule has 1 aliphatic rings. The summed E-state index contributed by atoms with van der Waals surface area (Å²) in [5.41, 5.74) is 0.963. The van der Waals surface area contributed by atoms with E-state index in [4.69, 9.17) is 0 Å². The predicted octanol–water partition coefficient (Wildman–Crippen LogP) is 1.83. The summed E-state index contributed by atoms with van der Waals surface area (Å²) in [7, 11) is 0. The number of anilines is 1. The molecule has 0 bridgehead atoms. The number of carboxylic acid groups (broad SMARTS) is 1. The number of carbonyl (C=O) groups is 1. The van der Waals surface area contributed by atoms with Crippen molar-refractivity contribution in [2.45, 2.75) is 20.0 Å². The van der Waals surface area contributed by atoms with Gasteiger partial charge in [-0.3, -0.25) is 9.69 Å². The summed E-state index contributed by atoms with van der Waals surface area (Å²) in [6, 6.07) is 10.4. The van der Waals surface area contributed by atoms with Gasteiger partial charge in [0.25, 0.3) is 0 Å². The summed E-state index contributed by atoms with van der Waals surface area (Å²) in [6.45, 7) is 6.70. The summed E-state index contributed by atoms with van der Waals surface area (Å²) in [5, 5.41) is 9.50. The lowest BCUT2D eigenvalue weighted by atomic mass is 10.2. The van der Waals surface area contributed by atoms with E-state index in [1.807, 2.05) is 13.0 Å². The Morgan fingerprint density at radius 2 is 1.86 bits per heavy atom. The van der Waals surface area contributed by atoms with E-state index in [0.29, 0.717) is 18.1 Å². The van der Waals surface area contributed by atoms with Crippen molar-refractivity contribution in [2.24, 2.45) is 0 Å². The Kier molecular flexibility index (Phi) is 5.26. The zero-order chi connectivity index (χ0) is 20.4. The molecule has 2 aromatic heterocycles. The maximum Gasteiger partial charge on any atom is 0.341 e. The SMILES string of the molecule is CCn1cc(C(=O)O)c(=O)c2cnc(N3CCN(Cc4ccccc4)CC3)nc21. The quantitative estimate of drug-likeness (QED) is 0.707. The fraction of sp³-hybridized carbons (Fsp3) is 0.333. The number of hydrogen-bond acceptors (Lipinski definition) is 6. The Hall–Kier alpha value is -3.26. The van der Waals surface area contributed by atoms with Crippen LogP contribution in [-0.2, 0) is 13.1 Å². The minimum absolute atomic E-state index is 0.234. The van der Waals surface area contributed by atoms with E-state index in [9.17, 15) is 14.7 Å². The Balaban J connectivity index is 1.55. The highest BCUT2D eigenvalue weighted by molar-refractivity contribution is 5.91. The number of aromatic carboxylic acids is 1. The van der Waals surface area contributed by atoms with Crippen LogP contribution in [0.1, 0.15) is 22.8 Å². The average molecular weight is 393 g/mol. The molecule has 8 heteroatoms. The molecule has 3 heterocycles. The number of fused-ring (bicyclic) bond motifs is 1. The van der Waals surface area contributed by atoms with Crippen molar-refractivity contribution in [1.29, 1.82) is 0 Å². The minimum atomic E-state index is -1.24. The monoisotopic (exact) mass is 393 g/mol. The van der Waals surface area contributed by atoms with Crippen LogP contribution in [0, 0.1) is 0 Å². The molecule has 0 atom stereocenters. The summed E-state index contributed by atoms with van der Waals surface area (Å²) in [6.07, 6.45) is 2.82. The summed E-state index contributed by atoms with van der Waals surface area (Å²) >= 11 is 0. The second-order valence-corrected chi connectivity index (χ2v) is 7.12. The van der Waals surface area contributed by atoms with Crippen molar-refractivity contribution in [3.63, 3.8) is 0 Å². The summed E-state index contributed by atoms with van der Waals surface area (Å²) < 4.78 is 1.69. The molecule has 0 aliphatic carbocycles. The first-order chi connectivity index (χ1) is 14.1. The summed E-state index contributed by atoms with van der Waals surface area (Å²) in [5.74, 6) is -0.667. The molecule has 150 valence electrons. The number of aryl methyl sites for hydroxylation is 1. The Morgan fingerprint density at radius 3 is 2.52 bits per heavy atom. The fourth-order valence-electron chi connectivity index (χ4n) is 3.66. The van der Waals surface area contributed by atoms with Gasteiger partial charge in [0.05, 0.1) is 5.39 Å². The Bertz CT molecular complexity index is 1090. The number of piperazine rings is 1. The van der Waals surface area contributed by atoms with Crippen LogP contribution >= 0.6 is 0 Å². The lowest BCUT2D eigenvalue weighted by Gasteiger charge is -2.34. The van der Waals surface area contributed by atoms with Crippen molar-refractivity contribution in [1.82, 2.24) is 19.4 Å². The first-order valence-corrected chi connectivity index (χ1v) is 9.71. The molecule has 0 amide bonds. The van der Waals surface area contributed by atoms with Crippen LogP contribution < -0.4 is 10.3 Å². The maximum atomic E-state index is 12.4. The van der Waals surface area contributed by atoms with Crippen molar-refractivity contribution in [3.8, 4) is 0 Å². The average Bonchev–Trinajstić information content (AvgIpc) is 2.75. The minimum Gasteiger partial charge on any atom is -0.477 e. The van der Waals surface area contributed by atoms with E-state index in [0.717, 1.165) is 32.7 Å². The van der Waals surface area contributed by atoms with Crippen LogP contribution in [0.2, 0.25) is 0 Å². The third-order valence-corrected chi connectivity index (χ3v) is 5.28. The fourth-order valence-corrected chi connectivity index (χ4v) is 3.66. The Labute approximate surface area is 168 Å². The number of benzene rings is 1. The van der Waals surface area contributed by atoms with E-state index in [1.54, 1.807) is 4.57 Å². The lowest BCUT2D eigenvalue weighted by Crippen LogP contribution is -2.46. The standard InChI is InChI=1S/C21H23N5O3/c1-2-25-14-17(20(28)29)18(27)16-12-22-21(23-19(16)25)26-10-8-24(9-11-26)13-15-6-4-3-5-7-15/h3-7,12,14H,2,8-11,13H2,1H3,(H,28,29). The van der Waals surface area contributed by atoms with Crippen LogP contribution in [-0.4, -0.2) is 56.7 Å². The molecule has 1 aliphatic heterocycles. The van der Waals surface area contributed by atoms with Crippen LogP contribution in [0.4, 0.5) is 5.95 Å². The van der Waals surface area contributed by atoms with Gasteiger partial charge in [0.1, 0.15) is 11.2 Å².